The highest BCUT2D eigenvalue weighted by Gasteiger charge is 2.35. The van der Waals surface area contributed by atoms with Gasteiger partial charge < -0.3 is 25.0 Å². The van der Waals surface area contributed by atoms with Gasteiger partial charge in [-0.05, 0) is 63.3 Å². The predicted molar refractivity (Wildman–Crippen MR) is 150 cm³/mol. The first-order valence-electron chi connectivity index (χ1n) is 13.8. The van der Waals surface area contributed by atoms with Crippen molar-refractivity contribution in [3.05, 3.63) is 54.0 Å². The van der Waals surface area contributed by atoms with E-state index in [1.54, 1.807) is 19.5 Å². The minimum Gasteiger partial charge on any atom is -0.383 e. The lowest BCUT2D eigenvalue weighted by Gasteiger charge is -2.42. The van der Waals surface area contributed by atoms with Crippen LogP contribution in [0.3, 0.4) is 0 Å². The molecule has 208 valence electrons. The molecule has 0 saturated carbocycles. The monoisotopic (exact) mass is 533 g/mol. The Morgan fingerprint density at radius 3 is 2.82 bits per heavy atom. The highest BCUT2D eigenvalue weighted by molar-refractivity contribution is 5.76. The second kappa shape index (κ2) is 11.7. The van der Waals surface area contributed by atoms with Crippen LogP contribution < -0.4 is 10.6 Å². The number of benzene rings is 1. The van der Waals surface area contributed by atoms with E-state index < -0.39 is 0 Å². The second-order valence-corrected chi connectivity index (χ2v) is 11.3. The normalized spacial score (nSPS) is 17.7. The molecule has 39 heavy (non-hydrogen) atoms. The molecule has 3 heterocycles. The zero-order valence-electron chi connectivity index (χ0n) is 23.3. The number of carbonyl (C=O) groups is 1. The molecule has 1 aliphatic carbocycles. The van der Waals surface area contributed by atoms with E-state index in [1.165, 1.54) is 11.1 Å². The van der Waals surface area contributed by atoms with Crippen LogP contribution in [0.2, 0.25) is 0 Å². The lowest BCUT2D eigenvalue weighted by Crippen LogP contribution is -2.59. The minimum atomic E-state index is -0.195. The Balaban J connectivity index is 1.25. The Morgan fingerprint density at radius 2 is 2.03 bits per heavy atom. The average molecular weight is 534 g/mol. The predicted octanol–water partition coefficient (Wildman–Crippen LogP) is 4.71. The quantitative estimate of drug-likeness (QED) is 0.404. The summed E-state index contributed by atoms with van der Waals surface area (Å²) >= 11 is 0. The summed E-state index contributed by atoms with van der Waals surface area (Å²) in [4.78, 5) is 24.0. The molecular weight excluding hydrogens is 494 g/mol. The molecule has 3 aromatic rings. The van der Waals surface area contributed by atoms with E-state index in [2.05, 4.69) is 38.9 Å². The van der Waals surface area contributed by atoms with Crippen LogP contribution in [0.15, 0.2) is 42.9 Å². The minimum absolute atomic E-state index is 0.00362. The van der Waals surface area contributed by atoms with Crippen LogP contribution in [-0.4, -0.2) is 69.2 Å². The fourth-order valence-corrected chi connectivity index (χ4v) is 5.15. The Kier molecular flexibility index (Phi) is 8.13. The van der Waals surface area contributed by atoms with Crippen molar-refractivity contribution in [2.45, 2.75) is 70.7 Å². The number of anilines is 2. The SMILES string of the molecule is COCCn1cc(Nc2nccc(-c3ccc4c(c3)CCCC[C@@H]4NC(=O)N3CC(OC(C)(C)C)C3)n2)cn1. The number of likely N-dealkylation sites (tertiary alicyclic amines) is 1. The molecule has 1 fully saturated rings. The molecule has 1 atom stereocenters. The van der Waals surface area contributed by atoms with E-state index in [1.807, 2.05) is 42.6 Å². The van der Waals surface area contributed by atoms with E-state index in [0.717, 1.165) is 42.6 Å². The van der Waals surface area contributed by atoms with Crippen LogP contribution >= 0.6 is 0 Å². The Bertz CT molecular complexity index is 1280. The van der Waals surface area contributed by atoms with Gasteiger partial charge in [-0.3, -0.25) is 4.68 Å². The van der Waals surface area contributed by atoms with Crippen LogP contribution in [0.4, 0.5) is 16.4 Å². The number of methoxy groups -OCH3 is 1. The van der Waals surface area contributed by atoms with Crippen LogP contribution in [-0.2, 0) is 22.4 Å². The number of hydrogen-bond donors (Lipinski definition) is 2. The number of hydrogen-bond acceptors (Lipinski definition) is 7. The summed E-state index contributed by atoms with van der Waals surface area (Å²) in [6.45, 7) is 8.70. The van der Waals surface area contributed by atoms with Crippen molar-refractivity contribution in [3.63, 3.8) is 0 Å². The second-order valence-electron chi connectivity index (χ2n) is 11.3. The van der Waals surface area contributed by atoms with Crippen LogP contribution in [0.25, 0.3) is 11.3 Å². The van der Waals surface area contributed by atoms with Gasteiger partial charge in [-0.15, -0.1) is 0 Å². The largest absolute Gasteiger partial charge is 0.383 e. The third-order valence-corrected chi connectivity index (χ3v) is 7.03. The summed E-state index contributed by atoms with van der Waals surface area (Å²) < 4.78 is 12.9. The molecule has 5 rings (SSSR count). The van der Waals surface area contributed by atoms with Gasteiger partial charge in [0.1, 0.15) is 0 Å². The fraction of sp³-hybridized carbons (Fsp3) is 0.517. The van der Waals surface area contributed by atoms with Gasteiger partial charge in [0.2, 0.25) is 5.95 Å². The first kappa shape index (κ1) is 27.1. The van der Waals surface area contributed by atoms with Gasteiger partial charge >= 0.3 is 6.03 Å². The molecule has 2 aromatic heterocycles. The van der Waals surface area contributed by atoms with Gasteiger partial charge in [-0.2, -0.15) is 5.10 Å². The number of ether oxygens (including phenoxy) is 2. The van der Waals surface area contributed by atoms with Crippen molar-refractivity contribution < 1.29 is 14.3 Å². The van der Waals surface area contributed by atoms with Crippen LogP contribution in [0.5, 0.6) is 0 Å². The number of aromatic nitrogens is 4. The van der Waals surface area contributed by atoms with Gasteiger partial charge in [0.25, 0.3) is 0 Å². The number of carbonyl (C=O) groups excluding carboxylic acids is 1. The number of rotatable bonds is 8. The Hall–Kier alpha value is -3.50. The van der Waals surface area contributed by atoms with Crippen molar-refractivity contribution in [1.82, 2.24) is 30.0 Å². The molecule has 2 amide bonds. The Labute approximate surface area is 230 Å². The van der Waals surface area contributed by atoms with Gasteiger partial charge in [-0.1, -0.05) is 18.6 Å². The number of nitrogens with zero attached hydrogens (tertiary/aromatic N) is 5. The van der Waals surface area contributed by atoms with E-state index in [0.29, 0.717) is 32.2 Å². The molecular formula is C29H39N7O3. The van der Waals surface area contributed by atoms with Gasteiger partial charge in [0, 0.05) is 25.1 Å². The molecule has 2 aliphatic rings. The van der Waals surface area contributed by atoms with Gasteiger partial charge in [0.15, 0.2) is 0 Å². The zero-order chi connectivity index (χ0) is 27.4. The summed E-state index contributed by atoms with van der Waals surface area (Å²) in [5, 5.41) is 10.9. The molecule has 2 N–H and O–H groups in total. The number of amides is 2. The summed E-state index contributed by atoms with van der Waals surface area (Å²) in [6.07, 6.45) is 9.62. The standard InChI is InChI=1S/C29H39N7O3/c1-29(2,3)39-23-18-35(19-23)28(37)34-26-8-6-5-7-20-15-21(9-10-24(20)26)25-11-12-30-27(33-25)32-22-16-31-36(17-22)13-14-38-4/h9-12,15-17,23,26H,5-8,13-14,18-19H2,1-4H3,(H,34,37)(H,30,32,33)/t26-/m0/s1. The topological polar surface area (TPSA) is 106 Å². The van der Waals surface area contributed by atoms with Crippen molar-refractivity contribution in [3.8, 4) is 11.3 Å². The maximum atomic E-state index is 13.0. The summed E-state index contributed by atoms with van der Waals surface area (Å²) in [5.74, 6) is 0.516. The van der Waals surface area contributed by atoms with E-state index in [9.17, 15) is 4.79 Å². The van der Waals surface area contributed by atoms with Crippen molar-refractivity contribution in [2.75, 3.05) is 32.1 Å². The third kappa shape index (κ3) is 6.93. The average Bonchev–Trinajstić information content (AvgIpc) is 3.23. The fourth-order valence-electron chi connectivity index (χ4n) is 5.15. The molecule has 0 radical (unpaired) electrons. The highest BCUT2D eigenvalue weighted by atomic mass is 16.5. The molecule has 1 aromatic carbocycles. The van der Waals surface area contributed by atoms with Crippen LogP contribution in [0.1, 0.15) is 57.2 Å². The number of nitrogens with one attached hydrogen (secondary N) is 2. The first-order chi connectivity index (χ1) is 18.8. The van der Waals surface area contributed by atoms with Crippen molar-refractivity contribution >= 4 is 17.7 Å². The zero-order valence-corrected chi connectivity index (χ0v) is 23.3. The van der Waals surface area contributed by atoms with E-state index in [-0.39, 0.29) is 23.8 Å². The summed E-state index contributed by atoms with van der Waals surface area (Å²) in [6, 6.07) is 8.37. The number of aryl methyl sites for hydroxylation is 1. The molecule has 0 bridgehead atoms. The highest BCUT2D eigenvalue weighted by Crippen LogP contribution is 2.32. The first-order valence-corrected chi connectivity index (χ1v) is 13.8. The summed E-state index contributed by atoms with van der Waals surface area (Å²) in [7, 11) is 1.67. The van der Waals surface area contributed by atoms with Crippen LogP contribution in [0, 0.1) is 0 Å². The smallest absolute Gasteiger partial charge is 0.318 e. The number of fused-ring (bicyclic) bond motifs is 1. The van der Waals surface area contributed by atoms with E-state index >= 15 is 0 Å². The maximum absolute atomic E-state index is 13.0. The van der Waals surface area contributed by atoms with Crippen molar-refractivity contribution in [2.24, 2.45) is 0 Å². The number of urea groups is 1. The van der Waals surface area contributed by atoms with E-state index in [4.69, 9.17) is 14.5 Å². The lowest BCUT2D eigenvalue weighted by molar-refractivity contribution is -0.111. The molecule has 1 aliphatic heterocycles. The summed E-state index contributed by atoms with van der Waals surface area (Å²) in [5.41, 5.74) is 4.97. The molecule has 1 saturated heterocycles. The van der Waals surface area contributed by atoms with Crippen molar-refractivity contribution in [1.29, 1.82) is 0 Å². The Morgan fingerprint density at radius 1 is 1.18 bits per heavy atom. The maximum Gasteiger partial charge on any atom is 0.318 e. The third-order valence-electron chi connectivity index (χ3n) is 7.03. The molecule has 0 unspecified atom stereocenters. The molecule has 0 spiro atoms. The molecule has 10 heteroatoms. The van der Waals surface area contributed by atoms with Gasteiger partial charge in [0.05, 0.1) is 61.6 Å². The van der Waals surface area contributed by atoms with Gasteiger partial charge in [-0.25, -0.2) is 14.8 Å². The molecule has 10 nitrogen and oxygen atoms in total. The lowest BCUT2D eigenvalue weighted by atomic mass is 9.95.